The van der Waals surface area contributed by atoms with E-state index in [0.717, 1.165) is 60.1 Å². The smallest absolute Gasteiger partial charge is 0.416 e. The van der Waals surface area contributed by atoms with Gasteiger partial charge in [0.05, 0.1) is 40.7 Å². The van der Waals surface area contributed by atoms with Crippen molar-refractivity contribution in [2.24, 2.45) is 0 Å². The van der Waals surface area contributed by atoms with E-state index < -0.39 is 49.8 Å². The van der Waals surface area contributed by atoms with Gasteiger partial charge >= 0.3 is 18.3 Å². The van der Waals surface area contributed by atoms with Crippen LogP contribution >= 0.6 is 80.8 Å². The number of amides is 1. The summed E-state index contributed by atoms with van der Waals surface area (Å²) in [6.07, 6.45) is -2.83. The first-order valence-electron chi connectivity index (χ1n) is 19.4. The molecule has 372 valence electrons. The van der Waals surface area contributed by atoms with E-state index in [2.05, 4.69) is 84.4 Å². The maximum atomic E-state index is 13.3. The Hall–Kier alpha value is -5.03. The second-order valence-corrected chi connectivity index (χ2v) is 20.0. The van der Waals surface area contributed by atoms with Crippen molar-refractivity contribution in [1.29, 1.82) is 0 Å². The molecule has 0 aliphatic carbocycles. The molecule has 0 aliphatic rings. The van der Waals surface area contributed by atoms with Gasteiger partial charge in [0.25, 0.3) is 11.1 Å². The fraction of sp³-hybridized carbons (Fsp3) is 0.152. The lowest BCUT2D eigenvalue weighted by Gasteiger charge is -2.14. The highest BCUT2D eigenvalue weighted by Crippen LogP contribution is 2.34. The van der Waals surface area contributed by atoms with Crippen molar-refractivity contribution >= 4 is 118 Å². The molecule has 7 rings (SSSR count). The van der Waals surface area contributed by atoms with Crippen LogP contribution in [0.3, 0.4) is 0 Å². The molecule has 11 nitrogen and oxygen atoms in total. The van der Waals surface area contributed by atoms with E-state index in [1.54, 1.807) is 74.8 Å². The van der Waals surface area contributed by atoms with Gasteiger partial charge in [-0.25, -0.2) is 19.0 Å². The zero-order chi connectivity index (χ0) is 52.8. The first-order valence-corrected chi connectivity index (χ1v) is 25.0. The van der Waals surface area contributed by atoms with Crippen LogP contribution in [-0.2, 0) is 21.6 Å². The lowest BCUT2D eigenvalue weighted by atomic mass is 10.1. The number of halogens is 12. The van der Waals surface area contributed by atoms with Gasteiger partial charge in [-0.05, 0) is 136 Å². The second-order valence-electron chi connectivity index (χ2n) is 14.5. The van der Waals surface area contributed by atoms with Crippen molar-refractivity contribution in [1.82, 2.24) is 19.1 Å². The van der Waals surface area contributed by atoms with Gasteiger partial charge in [-0.15, -0.1) is 0 Å². The third-order valence-corrected chi connectivity index (χ3v) is 11.8. The minimum Gasteiger partial charge on any atom is -0.478 e. The summed E-state index contributed by atoms with van der Waals surface area (Å²) in [7, 11) is 7.36. The molecule has 0 radical (unpaired) electrons. The Morgan fingerprint density at radius 1 is 0.629 bits per heavy atom. The molecule has 0 aliphatic heterocycles. The predicted molar refractivity (Wildman–Crippen MR) is 273 cm³/mol. The SMILES string of the molecule is Cc1ccc(C(=O)Cl)cc1Br.Cc1ccc(C(=O)O)cc1Br.Cc1cn(-c2cc(N)cc(C(F)(F)F)c2)cn1.Cc1cn(-c2cc(NC(=O)c3ccc(C)c(Br)c3)cc(C(F)(F)F)c2)cn1.O=S(Cl)Cl. The Kier molecular flexibility index (Phi) is 22.4. The third kappa shape index (κ3) is 19.3. The molecule has 1 amide bonds. The molecule has 0 atom stereocenters. The van der Waals surface area contributed by atoms with Crippen LogP contribution in [-0.4, -0.2) is 45.5 Å². The van der Waals surface area contributed by atoms with Crippen LogP contribution in [0, 0.1) is 34.6 Å². The number of carbonyl (C=O) groups is 3. The van der Waals surface area contributed by atoms with Crippen LogP contribution in [0.15, 0.2) is 129 Å². The molecule has 2 aromatic heterocycles. The van der Waals surface area contributed by atoms with Crippen molar-refractivity contribution < 1.29 is 50.0 Å². The summed E-state index contributed by atoms with van der Waals surface area (Å²) in [5, 5.41) is 10.7. The van der Waals surface area contributed by atoms with Crippen molar-refractivity contribution in [3.63, 3.8) is 0 Å². The molecule has 5 aromatic carbocycles. The number of aryl methyl sites for hydroxylation is 5. The van der Waals surface area contributed by atoms with Crippen LogP contribution < -0.4 is 11.1 Å². The van der Waals surface area contributed by atoms with Gasteiger partial charge in [0.15, 0.2) is 0 Å². The highest BCUT2D eigenvalue weighted by Gasteiger charge is 2.32. The van der Waals surface area contributed by atoms with Crippen molar-refractivity contribution in [2.75, 3.05) is 11.1 Å². The number of imidazole rings is 2. The summed E-state index contributed by atoms with van der Waals surface area (Å²) in [6, 6.07) is 22.0. The third-order valence-electron chi connectivity index (χ3n) is 9.04. The number of benzene rings is 5. The van der Waals surface area contributed by atoms with Crippen LogP contribution in [0.25, 0.3) is 11.4 Å². The maximum absolute atomic E-state index is 13.3. The zero-order valence-electron chi connectivity index (χ0n) is 36.9. The summed E-state index contributed by atoms with van der Waals surface area (Å²) in [5.41, 5.74) is 10.2. The Morgan fingerprint density at radius 2 is 1.01 bits per heavy atom. The molecule has 0 unspecified atom stereocenters. The van der Waals surface area contributed by atoms with Gasteiger partial charge in [0.1, 0.15) is 0 Å². The average Bonchev–Trinajstić information content (AvgIpc) is 3.91. The molecule has 0 fully saturated rings. The normalized spacial score (nSPS) is 10.8. The molecule has 2 heterocycles. The van der Waals surface area contributed by atoms with Gasteiger partial charge in [0, 0.05) is 81.1 Å². The Bertz CT molecular complexity index is 2940. The van der Waals surface area contributed by atoms with Crippen molar-refractivity contribution in [3.05, 3.63) is 185 Å². The molecule has 0 saturated carbocycles. The number of nitrogens with one attached hydrogen (secondary N) is 1. The molecular weight excluding hydrogens is 1210 g/mol. The number of hydrogen-bond acceptors (Lipinski definition) is 7. The van der Waals surface area contributed by atoms with Gasteiger partial charge in [-0.1, -0.05) is 66.0 Å². The number of alkyl halides is 6. The molecule has 4 N–H and O–H groups in total. The average molecular weight is 1250 g/mol. The molecule has 70 heavy (non-hydrogen) atoms. The van der Waals surface area contributed by atoms with Gasteiger partial charge in [0.2, 0.25) is 9.23 Å². The Labute approximate surface area is 439 Å². The summed E-state index contributed by atoms with van der Waals surface area (Å²) < 4.78 is 92.2. The number of hydrogen-bond donors (Lipinski definition) is 3. The number of nitrogen functional groups attached to an aromatic ring is 1. The number of nitrogens with two attached hydrogens (primary N) is 1. The summed E-state index contributed by atoms with van der Waals surface area (Å²) in [4.78, 5) is 41.5. The van der Waals surface area contributed by atoms with Crippen molar-refractivity contribution in [2.45, 2.75) is 47.0 Å². The van der Waals surface area contributed by atoms with Crippen LogP contribution in [0.5, 0.6) is 0 Å². The number of nitrogens with zero attached hydrogens (tertiary/aromatic N) is 4. The molecule has 0 bridgehead atoms. The monoisotopic (exact) mass is 1240 g/mol. The lowest BCUT2D eigenvalue weighted by molar-refractivity contribution is -0.138. The number of aromatic carboxylic acids is 1. The Morgan fingerprint density at radius 3 is 1.40 bits per heavy atom. The molecule has 0 saturated heterocycles. The van der Waals surface area contributed by atoms with Crippen LogP contribution in [0.1, 0.15) is 70.3 Å². The number of anilines is 2. The largest absolute Gasteiger partial charge is 0.478 e. The quantitative estimate of drug-likeness (QED) is 0.0842. The minimum atomic E-state index is -4.54. The van der Waals surface area contributed by atoms with Crippen LogP contribution in [0.4, 0.5) is 37.7 Å². The second kappa shape index (κ2) is 26.4. The van der Waals surface area contributed by atoms with E-state index in [9.17, 15) is 40.7 Å². The van der Waals surface area contributed by atoms with E-state index in [-0.39, 0.29) is 17.1 Å². The summed E-state index contributed by atoms with van der Waals surface area (Å²) in [5.74, 6) is -1.39. The van der Waals surface area contributed by atoms with Crippen LogP contribution in [0.2, 0.25) is 0 Å². The number of carboxylic acid groups (broad SMARTS) is 1. The molecule has 24 heteroatoms. The molecule has 0 spiro atoms. The van der Waals surface area contributed by atoms with Crippen molar-refractivity contribution in [3.8, 4) is 11.4 Å². The summed E-state index contributed by atoms with van der Waals surface area (Å²) >= 11 is 15.2. The van der Waals surface area contributed by atoms with Gasteiger partial charge in [-0.3, -0.25) is 9.59 Å². The first-order chi connectivity index (χ1) is 32.4. The predicted octanol–water partition coefficient (Wildman–Crippen LogP) is 14.9. The number of aromatic nitrogens is 4. The van der Waals surface area contributed by atoms with E-state index in [4.69, 9.17) is 26.7 Å². The number of rotatable bonds is 6. The minimum absolute atomic E-state index is 0.0490. The number of carbonyl (C=O) groups excluding carboxylic acids is 2. The topological polar surface area (TPSA) is 162 Å². The molecular formula is C46H38Br3Cl3F6N6O5S. The van der Waals surface area contributed by atoms with E-state index in [1.807, 2.05) is 26.8 Å². The standard InChI is InChI=1S/C19H15BrF3N3O.C11H10F3N3.C8H6BrClO.C8H7BrO2.Cl2OS/c1-11-3-4-13(5-17(11)20)18(27)25-15-6-14(19(21,22)23)7-16(8-15)26-9-12(2)24-10-26;1-7-5-17(6-16-7)10-3-8(11(12,13)14)2-9(15)4-10;2*1-5-2-3-6(8(10)11)4-7(5)9;1-4(2)3/h3-10H,1-2H3,(H,25,27);2-6H,15H2,1H3;2-4H,1H3;2-4H,1H3,(H,10,11);. The number of carboxylic acids is 1. The van der Waals surface area contributed by atoms with Gasteiger partial charge in [-0.2, -0.15) is 26.3 Å². The maximum Gasteiger partial charge on any atom is 0.416 e. The first kappa shape index (κ1) is 59.3. The fourth-order valence-corrected chi connectivity index (χ4v) is 6.70. The lowest BCUT2D eigenvalue weighted by Crippen LogP contribution is -2.14. The highest BCUT2D eigenvalue weighted by atomic mass is 79.9. The summed E-state index contributed by atoms with van der Waals surface area (Å²) in [6.45, 7) is 9.23. The van der Waals surface area contributed by atoms with Gasteiger partial charge < -0.3 is 25.3 Å². The fourth-order valence-electron chi connectivity index (χ4n) is 5.45. The molecule has 7 aromatic rings. The van der Waals surface area contributed by atoms with E-state index in [1.165, 1.54) is 33.9 Å². The highest BCUT2D eigenvalue weighted by molar-refractivity contribution is 9.11. The Balaban J connectivity index is 0.000000258. The zero-order valence-corrected chi connectivity index (χ0v) is 44.7. The van der Waals surface area contributed by atoms with E-state index >= 15 is 0 Å². The van der Waals surface area contributed by atoms with E-state index in [0.29, 0.717) is 28.1 Å².